The van der Waals surface area contributed by atoms with Crippen molar-refractivity contribution in [3.63, 3.8) is 0 Å². The second kappa shape index (κ2) is 5.09. The van der Waals surface area contributed by atoms with E-state index in [1.54, 1.807) is 18.4 Å². The van der Waals surface area contributed by atoms with Crippen molar-refractivity contribution in [2.45, 2.75) is 51.2 Å². The standard InChI is InChI=1S/C14H22O2S/c1-10-4-7-14(16-3,8-5-10)13(15)12-6-9-17-11(12)2/h6,9-10,13,15H,4-5,7-8H2,1-3H3. The number of ether oxygens (including phenoxy) is 1. The molecular formula is C14H22O2S. The van der Waals surface area contributed by atoms with E-state index in [0.29, 0.717) is 0 Å². The fraction of sp³-hybridized carbons (Fsp3) is 0.714. The van der Waals surface area contributed by atoms with Crippen LogP contribution in [-0.2, 0) is 4.74 Å². The number of aliphatic hydroxyl groups is 1. The summed E-state index contributed by atoms with van der Waals surface area (Å²) in [6.45, 7) is 4.35. The summed E-state index contributed by atoms with van der Waals surface area (Å²) in [5.74, 6) is 0.758. The third kappa shape index (κ3) is 2.42. The lowest BCUT2D eigenvalue weighted by atomic mass is 9.74. The molecule has 2 rings (SSSR count). The summed E-state index contributed by atoms with van der Waals surface area (Å²) >= 11 is 1.69. The quantitative estimate of drug-likeness (QED) is 0.891. The molecule has 1 unspecified atom stereocenters. The summed E-state index contributed by atoms with van der Waals surface area (Å²) < 4.78 is 5.72. The molecule has 96 valence electrons. The van der Waals surface area contributed by atoms with Gasteiger partial charge in [0.25, 0.3) is 0 Å². The molecule has 0 bridgehead atoms. The maximum atomic E-state index is 10.6. The van der Waals surface area contributed by atoms with Crippen LogP contribution in [0.5, 0.6) is 0 Å². The van der Waals surface area contributed by atoms with Gasteiger partial charge < -0.3 is 9.84 Å². The zero-order chi connectivity index (χ0) is 12.5. The molecule has 1 aliphatic carbocycles. The largest absolute Gasteiger partial charge is 0.385 e. The first-order chi connectivity index (χ1) is 8.09. The van der Waals surface area contributed by atoms with Crippen molar-refractivity contribution in [3.8, 4) is 0 Å². The van der Waals surface area contributed by atoms with Crippen molar-refractivity contribution < 1.29 is 9.84 Å². The van der Waals surface area contributed by atoms with Crippen LogP contribution < -0.4 is 0 Å². The maximum Gasteiger partial charge on any atom is 0.109 e. The van der Waals surface area contributed by atoms with E-state index in [1.165, 1.54) is 4.88 Å². The molecule has 17 heavy (non-hydrogen) atoms. The Bertz CT molecular complexity index is 364. The minimum atomic E-state index is -0.480. The number of hydrogen-bond acceptors (Lipinski definition) is 3. The van der Waals surface area contributed by atoms with E-state index in [-0.39, 0.29) is 5.60 Å². The number of rotatable bonds is 3. The molecule has 1 fully saturated rings. The van der Waals surface area contributed by atoms with Crippen LogP contribution >= 0.6 is 11.3 Å². The molecule has 0 aliphatic heterocycles. The Kier molecular flexibility index (Phi) is 3.91. The highest BCUT2D eigenvalue weighted by Gasteiger charge is 2.42. The number of aryl methyl sites for hydroxylation is 1. The molecule has 1 heterocycles. The Labute approximate surface area is 108 Å². The molecule has 1 aromatic rings. The van der Waals surface area contributed by atoms with Crippen molar-refractivity contribution in [1.82, 2.24) is 0 Å². The van der Waals surface area contributed by atoms with E-state index in [9.17, 15) is 5.11 Å². The molecule has 0 aromatic carbocycles. The molecule has 0 radical (unpaired) electrons. The van der Waals surface area contributed by atoms with Gasteiger partial charge in [-0.25, -0.2) is 0 Å². The SMILES string of the molecule is COC1(C(O)c2ccsc2C)CCC(C)CC1. The summed E-state index contributed by atoms with van der Waals surface area (Å²) in [6, 6.07) is 2.03. The summed E-state index contributed by atoms with van der Waals surface area (Å²) in [6.07, 6.45) is 3.73. The molecule has 1 aromatic heterocycles. The fourth-order valence-electron chi connectivity index (χ4n) is 2.80. The Morgan fingerprint density at radius 2 is 2.12 bits per heavy atom. The van der Waals surface area contributed by atoms with Gasteiger partial charge in [-0.05, 0) is 55.5 Å². The first kappa shape index (κ1) is 13.1. The Morgan fingerprint density at radius 1 is 1.47 bits per heavy atom. The zero-order valence-corrected chi connectivity index (χ0v) is 11.7. The first-order valence-electron chi connectivity index (χ1n) is 6.36. The first-order valence-corrected chi connectivity index (χ1v) is 7.24. The molecule has 1 atom stereocenters. The maximum absolute atomic E-state index is 10.6. The van der Waals surface area contributed by atoms with E-state index >= 15 is 0 Å². The topological polar surface area (TPSA) is 29.5 Å². The minimum Gasteiger partial charge on any atom is -0.385 e. The molecule has 1 N–H and O–H groups in total. The zero-order valence-electron chi connectivity index (χ0n) is 10.9. The Balaban J connectivity index is 2.21. The van der Waals surface area contributed by atoms with Gasteiger partial charge in [0.1, 0.15) is 6.10 Å². The van der Waals surface area contributed by atoms with Crippen molar-refractivity contribution in [1.29, 1.82) is 0 Å². The van der Waals surface area contributed by atoms with Crippen molar-refractivity contribution in [2.75, 3.05) is 7.11 Å². The summed E-state index contributed by atoms with van der Waals surface area (Å²) in [4.78, 5) is 1.20. The fourth-order valence-corrected chi connectivity index (χ4v) is 3.54. The summed E-state index contributed by atoms with van der Waals surface area (Å²) in [5.41, 5.74) is 0.685. The van der Waals surface area contributed by atoms with Crippen molar-refractivity contribution in [2.24, 2.45) is 5.92 Å². The van der Waals surface area contributed by atoms with Gasteiger partial charge in [-0.2, -0.15) is 0 Å². The van der Waals surface area contributed by atoms with E-state index in [1.807, 2.05) is 11.4 Å². The molecular weight excluding hydrogens is 232 g/mol. The van der Waals surface area contributed by atoms with Crippen molar-refractivity contribution >= 4 is 11.3 Å². The monoisotopic (exact) mass is 254 g/mol. The van der Waals surface area contributed by atoms with Gasteiger partial charge in [0.2, 0.25) is 0 Å². The smallest absolute Gasteiger partial charge is 0.109 e. The van der Waals surface area contributed by atoms with E-state index < -0.39 is 6.10 Å². The molecule has 2 nitrogen and oxygen atoms in total. The normalized spacial score (nSPS) is 31.4. The summed E-state index contributed by atoms with van der Waals surface area (Å²) in [5, 5.41) is 12.7. The molecule has 1 saturated carbocycles. The molecule has 3 heteroatoms. The van der Waals surface area contributed by atoms with Crippen LogP contribution in [0.4, 0.5) is 0 Å². The predicted octanol–water partition coefficient (Wildman–Crippen LogP) is 3.69. The van der Waals surface area contributed by atoms with E-state index in [4.69, 9.17) is 4.74 Å². The van der Waals surface area contributed by atoms with Gasteiger partial charge in [-0.1, -0.05) is 6.92 Å². The van der Waals surface area contributed by atoms with Crippen molar-refractivity contribution in [3.05, 3.63) is 21.9 Å². The number of methoxy groups -OCH3 is 1. The third-order valence-corrected chi connectivity index (χ3v) is 5.08. The Hall–Kier alpha value is -0.380. The highest BCUT2D eigenvalue weighted by atomic mass is 32.1. The number of aliphatic hydroxyl groups excluding tert-OH is 1. The van der Waals surface area contributed by atoms with E-state index in [0.717, 1.165) is 37.2 Å². The van der Waals surface area contributed by atoms with Crippen LogP contribution in [-0.4, -0.2) is 17.8 Å². The highest BCUT2D eigenvalue weighted by molar-refractivity contribution is 7.10. The van der Waals surface area contributed by atoms with Gasteiger partial charge in [0.15, 0.2) is 0 Å². The van der Waals surface area contributed by atoms with Crippen LogP contribution in [0.2, 0.25) is 0 Å². The molecule has 0 saturated heterocycles. The van der Waals surface area contributed by atoms with Gasteiger partial charge in [-0.15, -0.1) is 11.3 Å². The lowest BCUT2D eigenvalue weighted by molar-refractivity contribution is -0.130. The third-order valence-electron chi connectivity index (χ3n) is 4.22. The number of thiophene rings is 1. The van der Waals surface area contributed by atoms with E-state index in [2.05, 4.69) is 13.8 Å². The van der Waals surface area contributed by atoms with Gasteiger partial charge in [0, 0.05) is 12.0 Å². The van der Waals surface area contributed by atoms with Crippen LogP contribution in [0.1, 0.15) is 49.2 Å². The lowest BCUT2D eigenvalue weighted by Gasteiger charge is -2.41. The lowest BCUT2D eigenvalue weighted by Crippen LogP contribution is -2.42. The van der Waals surface area contributed by atoms with Gasteiger partial charge in [-0.3, -0.25) is 0 Å². The summed E-state index contributed by atoms with van der Waals surface area (Å²) in [7, 11) is 1.74. The molecule has 0 spiro atoms. The molecule has 0 amide bonds. The van der Waals surface area contributed by atoms with Gasteiger partial charge in [0.05, 0.1) is 5.60 Å². The van der Waals surface area contributed by atoms with Crippen LogP contribution in [0.15, 0.2) is 11.4 Å². The van der Waals surface area contributed by atoms with Crippen LogP contribution in [0.25, 0.3) is 0 Å². The minimum absolute atomic E-state index is 0.363. The number of hydrogen-bond donors (Lipinski definition) is 1. The van der Waals surface area contributed by atoms with Crippen LogP contribution in [0.3, 0.4) is 0 Å². The predicted molar refractivity (Wildman–Crippen MR) is 71.4 cm³/mol. The second-order valence-corrected chi connectivity index (χ2v) is 6.41. The second-order valence-electron chi connectivity index (χ2n) is 5.29. The van der Waals surface area contributed by atoms with Crippen LogP contribution in [0, 0.1) is 12.8 Å². The molecule has 1 aliphatic rings. The average molecular weight is 254 g/mol. The highest BCUT2D eigenvalue weighted by Crippen LogP contribution is 2.44. The Morgan fingerprint density at radius 3 is 2.59 bits per heavy atom. The average Bonchev–Trinajstić information content (AvgIpc) is 2.76. The van der Waals surface area contributed by atoms with Gasteiger partial charge >= 0.3 is 0 Å².